The fourth-order valence-electron chi connectivity index (χ4n) is 4.54. The van der Waals surface area contributed by atoms with E-state index in [4.69, 9.17) is 4.74 Å². The molecule has 2 heterocycles. The van der Waals surface area contributed by atoms with Gasteiger partial charge in [-0.1, -0.05) is 19.3 Å². The summed E-state index contributed by atoms with van der Waals surface area (Å²) in [5.74, 6) is 1.38. The second kappa shape index (κ2) is 9.04. The number of hydrogen-bond donors (Lipinski definition) is 2. The molecular formula is C19H35N3O2. The molecular weight excluding hydrogens is 302 g/mol. The molecule has 2 saturated heterocycles. The maximum atomic E-state index is 12.3. The van der Waals surface area contributed by atoms with Gasteiger partial charge in [-0.15, -0.1) is 0 Å². The van der Waals surface area contributed by atoms with Gasteiger partial charge in [0, 0.05) is 38.3 Å². The van der Waals surface area contributed by atoms with Crippen LogP contribution >= 0.6 is 0 Å². The smallest absolute Gasteiger partial charge is 0.315 e. The molecule has 3 rings (SSSR count). The molecule has 3 fully saturated rings. The number of carbonyl (C=O) groups is 1. The number of piperidine rings is 1. The number of carbonyl (C=O) groups excluding carboxylic acids is 1. The number of nitrogens with one attached hydrogen (secondary N) is 2. The number of rotatable bonds is 5. The molecule has 2 atom stereocenters. The summed E-state index contributed by atoms with van der Waals surface area (Å²) in [4.78, 5) is 14.8. The first-order valence-electron chi connectivity index (χ1n) is 10.1. The Kier molecular flexibility index (Phi) is 6.78. The van der Waals surface area contributed by atoms with Crippen molar-refractivity contribution in [3.63, 3.8) is 0 Å². The van der Waals surface area contributed by atoms with Crippen molar-refractivity contribution < 1.29 is 9.53 Å². The van der Waals surface area contributed by atoms with E-state index in [1.165, 1.54) is 38.5 Å². The zero-order chi connectivity index (χ0) is 16.8. The van der Waals surface area contributed by atoms with Gasteiger partial charge in [0.2, 0.25) is 0 Å². The molecule has 0 aromatic heterocycles. The molecule has 5 nitrogen and oxygen atoms in total. The first-order chi connectivity index (χ1) is 11.7. The largest absolute Gasteiger partial charge is 0.381 e. The molecule has 0 aromatic carbocycles. The second-order valence-electron chi connectivity index (χ2n) is 8.11. The van der Waals surface area contributed by atoms with Crippen LogP contribution in [0.1, 0.15) is 58.3 Å². The summed E-state index contributed by atoms with van der Waals surface area (Å²) in [6.07, 6.45) is 9.89. The third-order valence-electron chi connectivity index (χ3n) is 6.18. The highest BCUT2D eigenvalue weighted by Crippen LogP contribution is 2.26. The highest BCUT2D eigenvalue weighted by Gasteiger charge is 2.26. The van der Waals surface area contributed by atoms with Crippen molar-refractivity contribution >= 4 is 6.03 Å². The average molecular weight is 338 g/mol. The van der Waals surface area contributed by atoms with E-state index in [0.717, 1.165) is 45.7 Å². The lowest BCUT2D eigenvalue weighted by atomic mass is 9.84. The Balaban J connectivity index is 1.32. The summed E-state index contributed by atoms with van der Waals surface area (Å²) < 4.78 is 5.47. The van der Waals surface area contributed by atoms with Crippen LogP contribution in [0, 0.1) is 11.8 Å². The Morgan fingerprint density at radius 1 is 1.12 bits per heavy atom. The topological polar surface area (TPSA) is 53.6 Å². The molecule has 2 aliphatic heterocycles. The second-order valence-corrected chi connectivity index (χ2v) is 8.11. The van der Waals surface area contributed by atoms with Crippen molar-refractivity contribution in [2.45, 2.75) is 70.4 Å². The number of nitrogens with zero attached hydrogens (tertiary/aromatic N) is 1. The summed E-state index contributed by atoms with van der Waals surface area (Å²) in [5, 5.41) is 6.39. The lowest BCUT2D eigenvalue weighted by Crippen LogP contribution is -2.51. The average Bonchev–Trinajstić information content (AvgIpc) is 3.10. The third kappa shape index (κ3) is 5.35. The number of ether oxygens (including phenoxy) is 1. The van der Waals surface area contributed by atoms with Gasteiger partial charge in [-0.3, -0.25) is 0 Å². The molecule has 0 aromatic rings. The van der Waals surface area contributed by atoms with Gasteiger partial charge in [0.1, 0.15) is 0 Å². The Bertz CT molecular complexity index is 384. The molecule has 0 unspecified atom stereocenters. The highest BCUT2D eigenvalue weighted by molar-refractivity contribution is 5.74. The van der Waals surface area contributed by atoms with E-state index in [0.29, 0.717) is 23.9 Å². The first kappa shape index (κ1) is 18.0. The minimum absolute atomic E-state index is 0.0377. The summed E-state index contributed by atoms with van der Waals surface area (Å²) >= 11 is 0. The predicted octanol–water partition coefficient (Wildman–Crippen LogP) is 2.76. The van der Waals surface area contributed by atoms with Crippen LogP contribution in [0.2, 0.25) is 0 Å². The molecule has 2 N–H and O–H groups in total. The molecule has 1 aliphatic carbocycles. The quantitative estimate of drug-likeness (QED) is 0.811. The van der Waals surface area contributed by atoms with Gasteiger partial charge in [0.15, 0.2) is 0 Å². The van der Waals surface area contributed by atoms with E-state index in [-0.39, 0.29) is 6.03 Å². The zero-order valence-electron chi connectivity index (χ0n) is 15.3. The van der Waals surface area contributed by atoms with Crippen molar-refractivity contribution in [1.29, 1.82) is 0 Å². The van der Waals surface area contributed by atoms with Crippen LogP contribution in [-0.2, 0) is 4.74 Å². The van der Waals surface area contributed by atoms with Gasteiger partial charge in [-0.2, -0.15) is 0 Å². The maximum absolute atomic E-state index is 12.3. The van der Waals surface area contributed by atoms with Crippen LogP contribution < -0.4 is 10.6 Å². The Morgan fingerprint density at radius 3 is 2.54 bits per heavy atom. The van der Waals surface area contributed by atoms with Crippen molar-refractivity contribution in [2.24, 2.45) is 11.8 Å². The summed E-state index contributed by atoms with van der Waals surface area (Å²) in [6, 6.07) is 0.670. The molecule has 5 heteroatoms. The van der Waals surface area contributed by atoms with Crippen molar-refractivity contribution in [3.8, 4) is 0 Å². The molecule has 24 heavy (non-hydrogen) atoms. The van der Waals surface area contributed by atoms with Crippen molar-refractivity contribution in [2.75, 3.05) is 32.8 Å². The monoisotopic (exact) mass is 337 g/mol. The molecule has 0 bridgehead atoms. The number of likely N-dealkylation sites (tertiary alicyclic amines) is 1. The molecule has 2 amide bonds. The number of amides is 2. The SMILES string of the molecule is C[C@@H](NC(=O)NC1CCN(C[C@H]2CCOC2)CC1)C1CCCCC1. The van der Waals surface area contributed by atoms with Gasteiger partial charge in [-0.25, -0.2) is 4.79 Å². The fraction of sp³-hybridized carbons (Fsp3) is 0.947. The van der Waals surface area contributed by atoms with Crippen LogP contribution in [0.25, 0.3) is 0 Å². The number of hydrogen-bond acceptors (Lipinski definition) is 3. The van der Waals surface area contributed by atoms with Gasteiger partial charge < -0.3 is 20.3 Å². The number of urea groups is 1. The molecule has 138 valence electrons. The normalized spacial score (nSPS) is 28.6. The van der Waals surface area contributed by atoms with E-state index >= 15 is 0 Å². The maximum Gasteiger partial charge on any atom is 0.315 e. The predicted molar refractivity (Wildman–Crippen MR) is 96.1 cm³/mol. The fourth-order valence-corrected chi connectivity index (χ4v) is 4.54. The van der Waals surface area contributed by atoms with Crippen LogP contribution in [-0.4, -0.2) is 55.9 Å². The van der Waals surface area contributed by atoms with E-state index < -0.39 is 0 Å². The van der Waals surface area contributed by atoms with E-state index in [1.807, 2.05) is 0 Å². The standard InChI is InChI=1S/C19H35N3O2/c1-15(17-5-3-2-4-6-17)20-19(23)21-18-7-10-22(11-8-18)13-16-9-12-24-14-16/h15-18H,2-14H2,1H3,(H2,20,21,23)/t15-,16-/m1/s1. The van der Waals surface area contributed by atoms with Crippen molar-refractivity contribution in [3.05, 3.63) is 0 Å². The lowest BCUT2D eigenvalue weighted by Gasteiger charge is -2.34. The van der Waals surface area contributed by atoms with E-state index in [2.05, 4.69) is 22.5 Å². The Hall–Kier alpha value is -0.810. The summed E-state index contributed by atoms with van der Waals surface area (Å²) in [7, 11) is 0. The molecule has 0 radical (unpaired) electrons. The summed E-state index contributed by atoms with van der Waals surface area (Å²) in [6.45, 7) is 7.39. The van der Waals surface area contributed by atoms with E-state index in [1.54, 1.807) is 0 Å². The third-order valence-corrected chi connectivity index (χ3v) is 6.18. The van der Waals surface area contributed by atoms with Gasteiger partial charge in [0.05, 0.1) is 6.61 Å². The van der Waals surface area contributed by atoms with Gasteiger partial charge in [0.25, 0.3) is 0 Å². The summed E-state index contributed by atoms with van der Waals surface area (Å²) in [5.41, 5.74) is 0. The first-order valence-corrected chi connectivity index (χ1v) is 10.1. The highest BCUT2D eigenvalue weighted by atomic mass is 16.5. The molecule has 0 spiro atoms. The van der Waals surface area contributed by atoms with Crippen LogP contribution in [0.5, 0.6) is 0 Å². The van der Waals surface area contributed by atoms with Crippen molar-refractivity contribution in [1.82, 2.24) is 15.5 Å². The van der Waals surface area contributed by atoms with Gasteiger partial charge >= 0.3 is 6.03 Å². The van der Waals surface area contributed by atoms with Crippen LogP contribution in [0.15, 0.2) is 0 Å². The van der Waals surface area contributed by atoms with Gasteiger partial charge in [-0.05, 0) is 50.9 Å². The Morgan fingerprint density at radius 2 is 1.88 bits per heavy atom. The minimum Gasteiger partial charge on any atom is -0.381 e. The van der Waals surface area contributed by atoms with E-state index in [9.17, 15) is 4.79 Å². The molecule has 1 saturated carbocycles. The molecule has 3 aliphatic rings. The van der Waals surface area contributed by atoms with Crippen LogP contribution in [0.4, 0.5) is 4.79 Å². The Labute approximate surface area is 146 Å². The lowest BCUT2D eigenvalue weighted by molar-refractivity contribution is 0.147. The zero-order valence-corrected chi connectivity index (χ0v) is 15.3. The van der Waals surface area contributed by atoms with Crippen LogP contribution in [0.3, 0.4) is 0 Å². The minimum atomic E-state index is 0.0377.